The van der Waals surface area contributed by atoms with Crippen molar-refractivity contribution in [3.8, 4) is 0 Å². The fourth-order valence-corrected chi connectivity index (χ4v) is 1.88. The van der Waals surface area contributed by atoms with Crippen LogP contribution in [0.2, 0.25) is 0 Å². The molecular weight excluding hydrogens is 272 g/mol. The lowest BCUT2D eigenvalue weighted by molar-refractivity contribution is 0.0697. The minimum Gasteiger partial charge on any atom is -0.478 e. The second kappa shape index (κ2) is 7.64. The van der Waals surface area contributed by atoms with Crippen molar-refractivity contribution in [3.05, 3.63) is 35.4 Å². The van der Waals surface area contributed by atoms with Gasteiger partial charge in [-0.2, -0.15) is 0 Å². The van der Waals surface area contributed by atoms with Gasteiger partial charge in [-0.3, -0.25) is 0 Å². The van der Waals surface area contributed by atoms with Crippen molar-refractivity contribution in [1.29, 1.82) is 0 Å². The molecule has 0 saturated heterocycles. The molecular formula is C15H22N2O4. The van der Waals surface area contributed by atoms with Gasteiger partial charge in [0.1, 0.15) is 0 Å². The smallest absolute Gasteiger partial charge is 0.335 e. The Bertz CT molecular complexity index is 483. The molecule has 0 aliphatic rings. The maximum absolute atomic E-state index is 11.7. The molecule has 0 aromatic heterocycles. The third kappa shape index (κ3) is 6.27. The van der Waals surface area contributed by atoms with Crippen molar-refractivity contribution in [2.45, 2.75) is 25.8 Å². The molecule has 0 radical (unpaired) electrons. The molecule has 3 N–H and O–H groups in total. The van der Waals surface area contributed by atoms with E-state index in [-0.39, 0.29) is 11.6 Å². The van der Waals surface area contributed by atoms with Gasteiger partial charge >= 0.3 is 12.0 Å². The number of benzene rings is 1. The van der Waals surface area contributed by atoms with Gasteiger partial charge in [0.05, 0.1) is 17.7 Å². The van der Waals surface area contributed by atoms with Crippen LogP contribution in [0.5, 0.6) is 0 Å². The largest absolute Gasteiger partial charge is 0.478 e. The molecule has 0 aliphatic carbocycles. The summed E-state index contributed by atoms with van der Waals surface area (Å²) < 4.78 is 5.02. The summed E-state index contributed by atoms with van der Waals surface area (Å²) in [5.74, 6) is -0.945. The first-order valence-corrected chi connectivity index (χ1v) is 6.71. The van der Waals surface area contributed by atoms with Crippen LogP contribution in [0, 0.1) is 0 Å². The Hall–Kier alpha value is -2.08. The Kier molecular flexibility index (Phi) is 6.17. The normalized spacial score (nSPS) is 11.0. The van der Waals surface area contributed by atoms with Crippen LogP contribution in [0.4, 0.5) is 4.79 Å². The number of nitrogens with one attached hydrogen (secondary N) is 2. The van der Waals surface area contributed by atoms with E-state index in [4.69, 9.17) is 9.84 Å². The van der Waals surface area contributed by atoms with Crippen LogP contribution in [0.3, 0.4) is 0 Å². The average Bonchev–Trinajstić information content (AvgIpc) is 2.38. The highest BCUT2D eigenvalue weighted by atomic mass is 16.5. The lowest BCUT2D eigenvalue weighted by atomic mass is 10.1. The van der Waals surface area contributed by atoms with E-state index in [1.54, 1.807) is 31.4 Å². The summed E-state index contributed by atoms with van der Waals surface area (Å²) in [4.78, 5) is 22.4. The Morgan fingerprint density at radius 3 is 2.38 bits per heavy atom. The number of carbonyl (C=O) groups excluding carboxylic acids is 1. The van der Waals surface area contributed by atoms with Gasteiger partial charge in [0.15, 0.2) is 0 Å². The summed E-state index contributed by atoms with van der Waals surface area (Å²) in [5.41, 5.74) is 0.796. The maximum Gasteiger partial charge on any atom is 0.335 e. The zero-order valence-corrected chi connectivity index (χ0v) is 12.6. The molecule has 2 amide bonds. The lowest BCUT2D eigenvalue weighted by Gasteiger charge is -2.25. The van der Waals surface area contributed by atoms with Crippen molar-refractivity contribution < 1.29 is 19.4 Å². The van der Waals surface area contributed by atoms with Gasteiger partial charge < -0.3 is 20.5 Å². The van der Waals surface area contributed by atoms with Gasteiger partial charge in [-0.1, -0.05) is 12.1 Å². The van der Waals surface area contributed by atoms with Crippen LogP contribution in [-0.4, -0.2) is 42.9 Å². The first-order valence-electron chi connectivity index (χ1n) is 6.71. The van der Waals surface area contributed by atoms with E-state index in [0.717, 1.165) is 5.56 Å². The molecule has 1 rings (SSSR count). The third-order valence-corrected chi connectivity index (χ3v) is 2.86. The number of hydrogen-bond donors (Lipinski definition) is 3. The lowest BCUT2D eigenvalue weighted by Crippen LogP contribution is -2.51. The van der Waals surface area contributed by atoms with Gasteiger partial charge in [0.25, 0.3) is 0 Å². The van der Waals surface area contributed by atoms with Crippen LogP contribution in [0.25, 0.3) is 0 Å². The Labute approximate surface area is 124 Å². The first-order chi connectivity index (χ1) is 9.84. The highest BCUT2D eigenvalue weighted by Gasteiger charge is 2.19. The second-order valence-corrected chi connectivity index (χ2v) is 5.45. The molecule has 6 nitrogen and oxygen atoms in total. The van der Waals surface area contributed by atoms with E-state index < -0.39 is 11.5 Å². The van der Waals surface area contributed by atoms with Crippen molar-refractivity contribution in [3.63, 3.8) is 0 Å². The van der Waals surface area contributed by atoms with E-state index in [1.165, 1.54) is 0 Å². The van der Waals surface area contributed by atoms with Gasteiger partial charge in [-0.15, -0.1) is 0 Å². The Morgan fingerprint density at radius 2 is 1.86 bits per heavy atom. The topological polar surface area (TPSA) is 87.7 Å². The van der Waals surface area contributed by atoms with Gasteiger partial charge in [0.2, 0.25) is 0 Å². The molecule has 1 aromatic carbocycles. The Morgan fingerprint density at radius 1 is 1.24 bits per heavy atom. The standard InChI is InChI=1S/C15H22N2O4/c1-15(2,10-21-3)17-14(20)16-9-8-11-4-6-12(7-5-11)13(18)19/h4-7H,8-10H2,1-3H3,(H,18,19)(H2,16,17,20). The van der Waals surface area contributed by atoms with E-state index >= 15 is 0 Å². The van der Waals surface area contributed by atoms with Gasteiger partial charge in [0, 0.05) is 13.7 Å². The van der Waals surface area contributed by atoms with Crippen molar-refractivity contribution in [2.24, 2.45) is 0 Å². The van der Waals surface area contributed by atoms with Crippen LogP contribution < -0.4 is 10.6 Å². The highest BCUT2D eigenvalue weighted by molar-refractivity contribution is 5.87. The predicted molar refractivity (Wildman–Crippen MR) is 79.6 cm³/mol. The van der Waals surface area contributed by atoms with E-state index in [2.05, 4.69) is 10.6 Å². The summed E-state index contributed by atoms with van der Waals surface area (Å²) >= 11 is 0. The molecule has 1 aromatic rings. The van der Waals surface area contributed by atoms with Crippen molar-refractivity contribution >= 4 is 12.0 Å². The summed E-state index contributed by atoms with van der Waals surface area (Å²) in [6, 6.07) is 6.36. The molecule has 0 spiro atoms. The summed E-state index contributed by atoms with van der Waals surface area (Å²) in [6.07, 6.45) is 0.637. The zero-order valence-electron chi connectivity index (χ0n) is 12.6. The number of carboxylic acids is 1. The number of urea groups is 1. The first kappa shape index (κ1) is 17.0. The second-order valence-electron chi connectivity index (χ2n) is 5.45. The minimum absolute atomic E-state index is 0.251. The van der Waals surface area contributed by atoms with Crippen LogP contribution in [0.1, 0.15) is 29.8 Å². The average molecular weight is 294 g/mol. The molecule has 21 heavy (non-hydrogen) atoms. The highest BCUT2D eigenvalue weighted by Crippen LogP contribution is 2.05. The fraction of sp³-hybridized carbons (Fsp3) is 0.467. The van der Waals surface area contributed by atoms with Crippen molar-refractivity contribution in [2.75, 3.05) is 20.3 Å². The molecule has 0 unspecified atom stereocenters. The van der Waals surface area contributed by atoms with E-state index in [1.807, 2.05) is 13.8 Å². The van der Waals surface area contributed by atoms with Crippen LogP contribution >= 0.6 is 0 Å². The molecule has 0 bridgehead atoms. The number of rotatable bonds is 7. The van der Waals surface area contributed by atoms with Crippen LogP contribution in [0.15, 0.2) is 24.3 Å². The monoisotopic (exact) mass is 294 g/mol. The third-order valence-electron chi connectivity index (χ3n) is 2.86. The number of aromatic carboxylic acids is 1. The molecule has 0 fully saturated rings. The number of carboxylic acid groups (broad SMARTS) is 1. The number of methoxy groups -OCH3 is 1. The zero-order chi connectivity index (χ0) is 15.9. The Balaban J connectivity index is 2.36. The molecule has 116 valence electrons. The SMILES string of the molecule is COCC(C)(C)NC(=O)NCCc1ccc(C(=O)O)cc1. The van der Waals surface area contributed by atoms with E-state index in [0.29, 0.717) is 19.6 Å². The van der Waals surface area contributed by atoms with E-state index in [9.17, 15) is 9.59 Å². The van der Waals surface area contributed by atoms with Crippen molar-refractivity contribution in [1.82, 2.24) is 10.6 Å². The minimum atomic E-state index is -0.945. The summed E-state index contributed by atoms with van der Waals surface area (Å²) in [6.45, 7) is 4.65. The fourth-order valence-electron chi connectivity index (χ4n) is 1.88. The molecule has 0 heterocycles. The molecule has 0 aliphatic heterocycles. The van der Waals surface area contributed by atoms with Gasteiger partial charge in [-0.25, -0.2) is 9.59 Å². The van der Waals surface area contributed by atoms with Gasteiger partial charge in [-0.05, 0) is 38.0 Å². The summed E-state index contributed by atoms with van der Waals surface area (Å²) in [5, 5.41) is 14.4. The number of hydrogen-bond acceptors (Lipinski definition) is 3. The quantitative estimate of drug-likeness (QED) is 0.713. The number of ether oxygens (including phenoxy) is 1. The molecule has 0 saturated carbocycles. The summed E-state index contributed by atoms with van der Waals surface area (Å²) in [7, 11) is 1.59. The maximum atomic E-state index is 11.7. The predicted octanol–water partition coefficient (Wildman–Crippen LogP) is 1.65. The molecule has 6 heteroatoms. The van der Waals surface area contributed by atoms with Crippen LogP contribution in [-0.2, 0) is 11.2 Å². The number of amides is 2. The number of carbonyl (C=O) groups is 2. The molecule has 0 atom stereocenters.